The maximum atomic E-state index is 13.1. The van der Waals surface area contributed by atoms with Crippen molar-refractivity contribution in [3.8, 4) is 11.5 Å². The first-order chi connectivity index (χ1) is 14.1. The zero-order valence-electron chi connectivity index (χ0n) is 16.6. The first-order valence-corrected chi connectivity index (χ1v) is 9.93. The average Bonchev–Trinajstić information content (AvgIpc) is 3.09. The summed E-state index contributed by atoms with van der Waals surface area (Å²) in [5, 5.41) is 5.36. The van der Waals surface area contributed by atoms with Gasteiger partial charge in [-0.2, -0.15) is 0 Å². The van der Waals surface area contributed by atoms with Crippen LogP contribution in [0.25, 0.3) is 33.3 Å². The van der Waals surface area contributed by atoms with Crippen LogP contribution in [-0.4, -0.2) is 46.6 Å². The second-order valence-corrected chi connectivity index (χ2v) is 7.76. The summed E-state index contributed by atoms with van der Waals surface area (Å²) in [4.78, 5) is 25.0. The van der Waals surface area contributed by atoms with Crippen LogP contribution >= 0.6 is 0 Å². The first kappa shape index (κ1) is 17.8. The number of anilines is 1. The molecular formula is C23H23N5O. The summed E-state index contributed by atoms with van der Waals surface area (Å²) in [5.41, 5.74) is 4.55. The summed E-state index contributed by atoms with van der Waals surface area (Å²) in [7, 11) is 4.16. The molecule has 0 radical (unpaired) electrons. The van der Waals surface area contributed by atoms with E-state index in [4.69, 9.17) is 9.97 Å². The van der Waals surface area contributed by atoms with Crippen molar-refractivity contribution >= 4 is 27.5 Å². The Morgan fingerprint density at radius 3 is 2.45 bits per heavy atom. The highest BCUT2D eigenvalue weighted by Gasteiger charge is 2.27. The zero-order chi connectivity index (χ0) is 20.0. The molecule has 0 fully saturated rings. The first-order valence-electron chi connectivity index (χ1n) is 9.93. The highest BCUT2D eigenvalue weighted by molar-refractivity contribution is 5.97. The van der Waals surface area contributed by atoms with Crippen LogP contribution in [0.1, 0.15) is 12.0 Å². The number of aromatic nitrogens is 3. The van der Waals surface area contributed by atoms with Crippen LogP contribution in [0, 0.1) is 0 Å². The molecule has 6 heteroatoms. The number of para-hydroxylation sites is 2. The molecular weight excluding hydrogens is 362 g/mol. The number of rotatable bonds is 5. The van der Waals surface area contributed by atoms with E-state index in [0.29, 0.717) is 23.3 Å². The number of hydrogen-bond acceptors (Lipinski definition) is 5. The average molecular weight is 385 g/mol. The van der Waals surface area contributed by atoms with Gasteiger partial charge in [0.05, 0.1) is 28.7 Å². The number of hydrogen-bond donors (Lipinski definition) is 1. The molecule has 0 saturated heterocycles. The quantitative estimate of drug-likeness (QED) is 0.470. The maximum absolute atomic E-state index is 13.1. The Balaban J connectivity index is 1.67. The molecule has 29 heavy (non-hydrogen) atoms. The summed E-state index contributed by atoms with van der Waals surface area (Å²) in [6, 6.07) is 15.6. The third-order valence-corrected chi connectivity index (χ3v) is 5.47. The van der Waals surface area contributed by atoms with E-state index >= 15 is 0 Å². The van der Waals surface area contributed by atoms with Crippen molar-refractivity contribution in [3.05, 3.63) is 64.4 Å². The van der Waals surface area contributed by atoms with Crippen LogP contribution < -0.4 is 10.9 Å². The third kappa shape index (κ3) is 2.96. The summed E-state index contributed by atoms with van der Waals surface area (Å²) in [6.45, 7) is 2.37. The van der Waals surface area contributed by atoms with E-state index in [2.05, 4.69) is 30.4 Å². The van der Waals surface area contributed by atoms with Crippen LogP contribution in [0.4, 0.5) is 5.69 Å². The zero-order valence-corrected chi connectivity index (χ0v) is 16.6. The van der Waals surface area contributed by atoms with Crippen molar-refractivity contribution in [3.63, 3.8) is 0 Å². The molecule has 0 saturated carbocycles. The highest BCUT2D eigenvalue weighted by Crippen LogP contribution is 2.37. The molecule has 1 aliphatic heterocycles. The standard InChI is InChI=1S/C23H23N5O/c1-27(2)13-7-12-24-20-15-8-3-5-10-18(15)25-21-17(20)14-28-22(21)26-19-11-6-4-9-16(19)23(28)29/h3-6,8-11H,7,12-14H2,1-2H3,(H,24,25). The molecule has 0 amide bonds. The Labute approximate surface area is 168 Å². The summed E-state index contributed by atoms with van der Waals surface area (Å²) >= 11 is 0. The van der Waals surface area contributed by atoms with Gasteiger partial charge in [-0.3, -0.25) is 9.36 Å². The van der Waals surface area contributed by atoms with E-state index in [1.165, 1.54) is 0 Å². The lowest BCUT2D eigenvalue weighted by Gasteiger charge is -2.15. The molecule has 0 unspecified atom stereocenters. The fourth-order valence-electron chi connectivity index (χ4n) is 4.05. The summed E-state index contributed by atoms with van der Waals surface area (Å²) < 4.78 is 1.75. The SMILES string of the molecule is CN(C)CCCNc1c2c(nc3ccccc13)-c1nc3ccccc3c(=O)n1C2. The molecule has 0 spiro atoms. The predicted octanol–water partition coefficient (Wildman–Crippen LogP) is 3.34. The topological polar surface area (TPSA) is 63.0 Å². The van der Waals surface area contributed by atoms with Crippen LogP contribution in [0.2, 0.25) is 0 Å². The summed E-state index contributed by atoms with van der Waals surface area (Å²) in [6.07, 6.45) is 1.04. The van der Waals surface area contributed by atoms with Crippen molar-refractivity contribution in [2.45, 2.75) is 13.0 Å². The molecule has 3 heterocycles. The molecule has 1 aliphatic rings. The Bertz CT molecular complexity index is 1290. The normalized spacial score (nSPS) is 12.5. The minimum atomic E-state index is -0.00814. The summed E-state index contributed by atoms with van der Waals surface area (Å²) in [5.74, 6) is 0.658. The van der Waals surface area contributed by atoms with Gasteiger partial charge >= 0.3 is 0 Å². The Hall–Kier alpha value is -3.25. The van der Waals surface area contributed by atoms with Gasteiger partial charge in [-0.25, -0.2) is 9.97 Å². The molecule has 1 N–H and O–H groups in total. The van der Waals surface area contributed by atoms with Gasteiger partial charge in [0.15, 0.2) is 5.82 Å². The van der Waals surface area contributed by atoms with Gasteiger partial charge < -0.3 is 10.2 Å². The Morgan fingerprint density at radius 1 is 1.00 bits per heavy atom. The number of fused-ring (bicyclic) bond motifs is 5. The second-order valence-electron chi connectivity index (χ2n) is 7.76. The van der Waals surface area contributed by atoms with Crippen LogP contribution in [0.3, 0.4) is 0 Å². The second kappa shape index (κ2) is 6.97. The van der Waals surface area contributed by atoms with Gasteiger partial charge in [-0.1, -0.05) is 30.3 Å². The van der Waals surface area contributed by atoms with Crippen LogP contribution in [-0.2, 0) is 6.54 Å². The van der Waals surface area contributed by atoms with Gasteiger partial charge in [0.25, 0.3) is 5.56 Å². The van der Waals surface area contributed by atoms with Crippen molar-refractivity contribution in [2.24, 2.45) is 0 Å². The molecule has 5 rings (SSSR count). The van der Waals surface area contributed by atoms with Crippen molar-refractivity contribution in [1.29, 1.82) is 0 Å². The molecule has 2 aromatic carbocycles. The number of nitrogens with zero attached hydrogens (tertiary/aromatic N) is 4. The fraction of sp³-hybridized carbons (Fsp3) is 0.261. The van der Waals surface area contributed by atoms with Crippen molar-refractivity contribution in [1.82, 2.24) is 19.4 Å². The van der Waals surface area contributed by atoms with E-state index in [1.807, 2.05) is 42.5 Å². The molecule has 0 bridgehead atoms. The molecule has 146 valence electrons. The van der Waals surface area contributed by atoms with Crippen molar-refractivity contribution in [2.75, 3.05) is 32.5 Å². The van der Waals surface area contributed by atoms with Crippen LogP contribution in [0.15, 0.2) is 53.3 Å². The van der Waals surface area contributed by atoms with Gasteiger partial charge in [0, 0.05) is 17.5 Å². The van der Waals surface area contributed by atoms with Crippen molar-refractivity contribution < 1.29 is 0 Å². The molecule has 4 aromatic rings. The number of benzene rings is 2. The van der Waals surface area contributed by atoms with Crippen LogP contribution in [0.5, 0.6) is 0 Å². The lowest BCUT2D eigenvalue weighted by atomic mass is 10.1. The molecule has 6 nitrogen and oxygen atoms in total. The van der Waals surface area contributed by atoms with E-state index < -0.39 is 0 Å². The smallest absolute Gasteiger partial charge is 0.262 e. The minimum absolute atomic E-state index is 0.00814. The molecule has 0 aliphatic carbocycles. The van der Waals surface area contributed by atoms with Gasteiger partial charge in [0.2, 0.25) is 0 Å². The third-order valence-electron chi connectivity index (χ3n) is 5.47. The Morgan fingerprint density at radius 2 is 1.69 bits per heavy atom. The molecule has 0 atom stereocenters. The monoisotopic (exact) mass is 385 g/mol. The highest BCUT2D eigenvalue weighted by atomic mass is 16.1. The van der Waals surface area contributed by atoms with Gasteiger partial charge in [-0.05, 0) is 45.3 Å². The molecule has 2 aromatic heterocycles. The lowest BCUT2D eigenvalue weighted by Crippen LogP contribution is -2.20. The van der Waals surface area contributed by atoms with E-state index in [9.17, 15) is 4.79 Å². The van der Waals surface area contributed by atoms with E-state index in [0.717, 1.165) is 47.4 Å². The van der Waals surface area contributed by atoms with E-state index in [-0.39, 0.29) is 5.56 Å². The minimum Gasteiger partial charge on any atom is -0.384 e. The predicted molar refractivity (Wildman–Crippen MR) is 118 cm³/mol. The largest absolute Gasteiger partial charge is 0.384 e. The van der Waals surface area contributed by atoms with Gasteiger partial charge in [0.1, 0.15) is 5.69 Å². The lowest BCUT2D eigenvalue weighted by molar-refractivity contribution is 0.405. The number of pyridine rings is 1. The maximum Gasteiger partial charge on any atom is 0.262 e. The number of nitrogens with one attached hydrogen (secondary N) is 1. The fourth-order valence-corrected chi connectivity index (χ4v) is 4.05. The Kier molecular flexibility index (Phi) is 4.28. The van der Waals surface area contributed by atoms with E-state index in [1.54, 1.807) is 4.57 Å². The van der Waals surface area contributed by atoms with Gasteiger partial charge in [-0.15, -0.1) is 0 Å².